The first-order valence-corrected chi connectivity index (χ1v) is 6.75. The van der Waals surface area contributed by atoms with Gasteiger partial charge in [0.05, 0.1) is 6.61 Å². The Kier molecular flexibility index (Phi) is 4.35. The molecule has 0 bridgehead atoms. The molecule has 0 aliphatic rings. The maximum atomic E-state index is 6.10. The number of benzene rings is 1. The molecule has 0 unspecified atom stereocenters. The van der Waals surface area contributed by atoms with Crippen molar-refractivity contribution in [2.24, 2.45) is 0 Å². The fourth-order valence-electron chi connectivity index (χ4n) is 2.46. The van der Waals surface area contributed by atoms with Gasteiger partial charge in [-0.2, -0.15) is 0 Å². The quantitative estimate of drug-likeness (QED) is 0.926. The molecule has 4 nitrogen and oxygen atoms in total. The summed E-state index contributed by atoms with van der Waals surface area (Å²) in [7, 11) is 1.68. The van der Waals surface area contributed by atoms with Crippen molar-refractivity contribution in [3.05, 3.63) is 41.1 Å². The van der Waals surface area contributed by atoms with Gasteiger partial charge in [-0.25, -0.2) is 9.97 Å². The third-order valence-electron chi connectivity index (χ3n) is 3.30. The van der Waals surface area contributed by atoms with Crippen LogP contribution in [0.2, 0.25) is 0 Å². The fourth-order valence-corrected chi connectivity index (χ4v) is 2.46. The zero-order valence-electron chi connectivity index (χ0n) is 12.5. The van der Waals surface area contributed by atoms with Gasteiger partial charge in [0.15, 0.2) is 5.82 Å². The van der Waals surface area contributed by atoms with E-state index in [0.717, 1.165) is 22.4 Å². The van der Waals surface area contributed by atoms with Crippen molar-refractivity contribution in [2.45, 2.75) is 33.3 Å². The Morgan fingerprint density at radius 3 is 2.50 bits per heavy atom. The van der Waals surface area contributed by atoms with Crippen LogP contribution in [-0.4, -0.2) is 17.1 Å². The highest BCUT2D eigenvalue weighted by Gasteiger charge is 2.15. The lowest BCUT2D eigenvalue weighted by atomic mass is 10.0. The number of nitrogen functional groups attached to an aromatic ring is 1. The number of nitrogens with two attached hydrogens (primary N) is 1. The predicted octanol–water partition coefficient (Wildman–Crippen LogP) is 3.30. The molecular weight excluding hydrogens is 250 g/mol. The standard InChI is InChI=1S/C16H21N3O/c1-10(2)14-11(3)18-16(19-15(14)17)13-8-6-5-7-12(13)9-20-4/h5-8,10H,9H2,1-4H3,(H2,17,18,19). The SMILES string of the molecule is COCc1ccccc1-c1nc(C)c(C(C)C)c(N)n1. The number of ether oxygens (including phenoxy) is 1. The molecule has 1 aromatic carbocycles. The lowest BCUT2D eigenvalue weighted by molar-refractivity contribution is 0.185. The van der Waals surface area contributed by atoms with E-state index in [1.54, 1.807) is 7.11 Å². The molecule has 106 valence electrons. The monoisotopic (exact) mass is 271 g/mol. The van der Waals surface area contributed by atoms with Gasteiger partial charge >= 0.3 is 0 Å². The van der Waals surface area contributed by atoms with Crippen LogP contribution in [0.15, 0.2) is 24.3 Å². The second kappa shape index (κ2) is 6.01. The molecule has 2 N–H and O–H groups in total. The van der Waals surface area contributed by atoms with E-state index < -0.39 is 0 Å². The Labute approximate surface area is 120 Å². The summed E-state index contributed by atoms with van der Waals surface area (Å²) in [5.41, 5.74) is 10.1. The predicted molar refractivity (Wildman–Crippen MR) is 81.4 cm³/mol. The Morgan fingerprint density at radius 1 is 1.20 bits per heavy atom. The van der Waals surface area contributed by atoms with Crippen molar-refractivity contribution < 1.29 is 4.74 Å². The van der Waals surface area contributed by atoms with Gasteiger partial charge < -0.3 is 10.5 Å². The lowest BCUT2D eigenvalue weighted by Gasteiger charge is -2.14. The van der Waals surface area contributed by atoms with Gasteiger partial charge in [-0.1, -0.05) is 38.1 Å². The van der Waals surface area contributed by atoms with Gasteiger partial charge in [-0.3, -0.25) is 0 Å². The number of nitrogens with zero attached hydrogens (tertiary/aromatic N) is 2. The molecule has 0 amide bonds. The average molecular weight is 271 g/mol. The van der Waals surface area contributed by atoms with E-state index in [9.17, 15) is 0 Å². The topological polar surface area (TPSA) is 61.0 Å². The van der Waals surface area contributed by atoms with Gasteiger partial charge in [0, 0.05) is 23.9 Å². The van der Waals surface area contributed by atoms with E-state index in [1.807, 2.05) is 31.2 Å². The molecule has 4 heteroatoms. The first-order valence-electron chi connectivity index (χ1n) is 6.75. The molecule has 0 radical (unpaired) electrons. The first kappa shape index (κ1) is 14.5. The van der Waals surface area contributed by atoms with E-state index >= 15 is 0 Å². The van der Waals surface area contributed by atoms with Gasteiger partial charge in [0.2, 0.25) is 0 Å². The number of hydrogen-bond acceptors (Lipinski definition) is 4. The zero-order chi connectivity index (χ0) is 14.7. The highest BCUT2D eigenvalue weighted by Crippen LogP contribution is 2.27. The van der Waals surface area contributed by atoms with E-state index in [0.29, 0.717) is 24.2 Å². The second-order valence-corrected chi connectivity index (χ2v) is 5.18. The molecule has 2 aromatic rings. The molecule has 0 aliphatic carbocycles. The summed E-state index contributed by atoms with van der Waals surface area (Å²) in [6.07, 6.45) is 0. The van der Waals surface area contributed by atoms with Crippen molar-refractivity contribution in [3.63, 3.8) is 0 Å². The largest absolute Gasteiger partial charge is 0.383 e. The Bertz CT molecular complexity index is 585. The zero-order valence-corrected chi connectivity index (χ0v) is 12.5. The highest BCUT2D eigenvalue weighted by molar-refractivity contribution is 5.63. The molecule has 0 saturated heterocycles. The van der Waals surface area contributed by atoms with Gasteiger partial charge in [-0.15, -0.1) is 0 Å². The van der Waals surface area contributed by atoms with Crippen LogP contribution in [0.3, 0.4) is 0 Å². The van der Waals surface area contributed by atoms with Crippen molar-refractivity contribution in [3.8, 4) is 11.4 Å². The molecular formula is C16H21N3O. The Balaban J connectivity index is 2.54. The van der Waals surface area contributed by atoms with Crippen LogP contribution in [0.5, 0.6) is 0 Å². The average Bonchev–Trinajstić information content (AvgIpc) is 2.38. The number of hydrogen-bond donors (Lipinski definition) is 1. The number of methoxy groups -OCH3 is 1. The third kappa shape index (κ3) is 2.80. The summed E-state index contributed by atoms with van der Waals surface area (Å²) in [6.45, 7) is 6.71. The minimum atomic E-state index is 0.318. The second-order valence-electron chi connectivity index (χ2n) is 5.18. The number of aryl methyl sites for hydroxylation is 1. The summed E-state index contributed by atoms with van der Waals surface area (Å²) in [6, 6.07) is 7.97. The minimum Gasteiger partial charge on any atom is -0.383 e. The molecule has 0 aliphatic heterocycles. The van der Waals surface area contributed by atoms with Crippen LogP contribution in [0.1, 0.15) is 36.6 Å². The van der Waals surface area contributed by atoms with Crippen LogP contribution < -0.4 is 5.73 Å². The number of aromatic nitrogens is 2. The molecule has 0 fully saturated rings. The van der Waals surface area contributed by atoms with Crippen molar-refractivity contribution in [2.75, 3.05) is 12.8 Å². The van der Waals surface area contributed by atoms with E-state index in [1.165, 1.54) is 0 Å². The number of anilines is 1. The van der Waals surface area contributed by atoms with Gasteiger partial charge in [-0.05, 0) is 18.4 Å². The van der Waals surface area contributed by atoms with Crippen LogP contribution in [0.4, 0.5) is 5.82 Å². The van der Waals surface area contributed by atoms with Crippen molar-refractivity contribution >= 4 is 5.82 Å². The van der Waals surface area contributed by atoms with E-state index in [-0.39, 0.29) is 0 Å². The maximum absolute atomic E-state index is 6.10. The van der Waals surface area contributed by atoms with Crippen molar-refractivity contribution in [1.29, 1.82) is 0 Å². The molecule has 0 saturated carbocycles. The Morgan fingerprint density at radius 2 is 1.90 bits per heavy atom. The van der Waals surface area contributed by atoms with E-state index in [4.69, 9.17) is 10.5 Å². The molecule has 1 heterocycles. The molecule has 0 spiro atoms. The van der Waals surface area contributed by atoms with Crippen LogP contribution in [-0.2, 0) is 11.3 Å². The van der Waals surface area contributed by atoms with Gasteiger partial charge in [0.25, 0.3) is 0 Å². The van der Waals surface area contributed by atoms with Crippen LogP contribution >= 0.6 is 0 Å². The summed E-state index contributed by atoms with van der Waals surface area (Å²) in [5.74, 6) is 1.55. The minimum absolute atomic E-state index is 0.318. The normalized spacial score (nSPS) is 11.1. The van der Waals surface area contributed by atoms with Crippen LogP contribution in [0, 0.1) is 6.92 Å². The molecule has 20 heavy (non-hydrogen) atoms. The Hall–Kier alpha value is -1.94. The molecule has 0 atom stereocenters. The van der Waals surface area contributed by atoms with Gasteiger partial charge in [0.1, 0.15) is 5.82 Å². The summed E-state index contributed by atoms with van der Waals surface area (Å²) < 4.78 is 5.23. The smallest absolute Gasteiger partial charge is 0.162 e. The van der Waals surface area contributed by atoms with Crippen LogP contribution in [0.25, 0.3) is 11.4 Å². The van der Waals surface area contributed by atoms with Crippen molar-refractivity contribution in [1.82, 2.24) is 9.97 Å². The molecule has 1 aromatic heterocycles. The third-order valence-corrected chi connectivity index (χ3v) is 3.30. The summed E-state index contributed by atoms with van der Waals surface area (Å²) in [4.78, 5) is 9.10. The summed E-state index contributed by atoms with van der Waals surface area (Å²) >= 11 is 0. The fraction of sp³-hybridized carbons (Fsp3) is 0.375. The summed E-state index contributed by atoms with van der Waals surface area (Å²) in [5, 5.41) is 0. The molecule has 2 rings (SSSR count). The lowest BCUT2D eigenvalue weighted by Crippen LogP contribution is -2.07. The maximum Gasteiger partial charge on any atom is 0.162 e. The first-order chi connectivity index (χ1) is 9.54. The van der Waals surface area contributed by atoms with E-state index in [2.05, 4.69) is 23.8 Å². The number of rotatable bonds is 4. The highest BCUT2D eigenvalue weighted by atomic mass is 16.5.